The molecule has 0 N–H and O–H groups in total. The fourth-order valence-corrected chi connectivity index (χ4v) is 5.03. The first-order valence-corrected chi connectivity index (χ1v) is 11.5. The normalized spacial score (nSPS) is 15.2. The summed E-state index contributed by atoms with van der Waals surface area (Å²) in [6.07, 6.45) is 2.89. The van der Waals surface area contributed by atoms with Gasteiger partial charge in [0.1, 0.15) is 0 Å². The third-order valence-electron chi connectivity index (χ3n) is 5.09. The van der Waals surface area contributed by atoms with Gasteiger partial charge in [-0.3, -0.25) is 4.79 Å². The third-order valence-corrected chi connectivity index (χ3v) is 7.15. The molecule has 1 saturated heterocycles. The van der Waals surface area contributed by atoms with Crippen LogP contribution in [0.4, 0.5) is 0 Å². The zero-order valence-corrected chi connectivity index (χ0v) is 18.5. The first kappa shape index (κ1) is 22.7. The molecule has 0 aromatic heterocycles. The number of nitrogens with zero attached hydrogens (tertiary/aromatic N) is 2. The third kappa shape index (κ3) is 5.80. The molecule has 0 aliphatic carbocycles. The maximum absolute atomic E-state index is 12.9. The molecule has 2 aromatic rings. The Labute approximate surface area is 183 Å². The van der Waals surface area contributed by atoms with E-state index in [2.05, 4.69) is 0 Å². The van der Waals surface area contributed by atoms with Gasteiger partial charge >= 0.3 is 5.97 Å². The smallest absolute Gasteiger partial charge is 0.331 e. The molecule has 1 heterocycles. The lowest BCUT2D eigenvalue weighted by molar-refractivity contribution is -0.148. The van der Waals surface area contributed by atoms with Crippen LogP contribution in [0.25, 0.3) is 6.08 Å². The Kier molecular flexibility index (Phi) is 7.25. The molecular formula is C23H26N2O5S. The zero-order chi connectivity index (χ0) is 22.4. The van der Waals surface area contributed by atoms with E-state index in [0.29, 0.717) is 5.56 Å². The first-order chi connectivity index (χ1) is 14.8. The fourth-order valence-electron chi connectivity index (χ4n) is 3.41. The lowest BCUT2D eigenvalue weighted by Crippen LogP contribution is -2.51. The molecule has 7 nitrogen and oxygen atoms in total. The standard InChI is InChI=1S/C23H26N2O5S/c1-18-8-10-21(19(2)16-18)31(28,29)25-14-12-24(13-15-25)22(26)17-30-23(27)11-9-20-6-4-3-5-7-20/h3-11,16H,12-15,17H2,1-2H3. The summed E-state index contributed by atoms with van der Waals surface area (Å²) in [5.41, 5.74) is 2.56. The Morgan fingerprint density at radius 3 is 2.32 bits per heavy atom. The second-order valence-electron chi connectivity index (χ2n) is 7.41. The molecule has 0 saturated carbocycles. The minimum Gasteiger partial charge on any atom is -0.452 e. The van der Waals surface area contributed by atoms with Gasteiger partial charge in [0.05, 0.1) is 4.90 Å². The number of esters is 1. The summed E-state index contributed by atoms with van der Waals surface area (Å²) in [7, 11) is -3.62. The number of carbonyl (C=O) groups excluding carboxylic acids is 2. The highest BCUT2D eigenvalue weighted by molar-refractivity contribution is 7.89. The number of hydrogen-bond donors (Lipinski definition) is 0. The number of aryl methyl sites for hydroxylation is 2. The summed E-state index contributed by atoms with van der Waals surface area (Å²) in [6, 6.07) is 14.5. The first-order valence-electron chi connectivity index (χ1n) is 10.0. The molecule has 31 heavy (non-hydrogen) atoms. The van der Waals surface area contributed by atoms with Gasteiger partial charge < -0.3 is 9.64 Å². The summed E-state index contributed by atoms with van der Waals surface area (Å²) in [6.45, 7) is 4.22. The van der Waals surface area contributed by atoms with Gasteiger partial charge in [-0.05, 0) is 37.1 Å². The Morgan fingerprint density at radius 1 is 1.00 bits per heavy atom. The Bertz CT molecular complexity index is 1070. The van der Waals surface area contributed by atoms with Gasteiger partial charge in [-0.25, -0.2) is 13.2 Å². The van der Waals surface area contributed by atoms with E-state index in [1.165, 1.54) is 15.3 Å². The predicted octanol–water partition coefficient (Wildman–Crippen LogP) is 2.39. The van der Waals surface area contributed by atoms with Crippen molar-refractivity contribution < 1.29 is 22.7 Å². The van der Waals surface area contributed by atoms with Gasteiger partial charge in [0.25, 0.3) is 5.91 Å². The van der Waals surface area contributed by atoms with Crippen LogP contribution in [0, 0.1) is 13.8 Å². The monoisotopic (exact) mass is 442 g/mol. The number of amides is 1. The molecule has 1 amide bonds. The molecule has 1 fully saturated rings. The lowest BCUT2D eigenvalue weighted by atomic mass is 10.2. The van der Waals surface area contributed by atoms with E-state index in [1.54, 1.807) is 25.1 Å². The zero-order valence-electron chi connectivity index (χ0n) is 17.7. The highest BCUT2D eigenvalue weighted by Gasteiger charge is 2.31. The van der Waals surface area contributed by atoms with Gasteiger partial charge in [-0.2, -0.15) is 4.31 Å². The van der Waals surface area contributed by atoms with Gasteiger partial charge in [-0.1, -0.05) is 48.0 Å². The van der Waals surface area contributed by atoms with Crippen molar-refractivity contribution in [2.24, 2.45) is 0 Å². The van der Waals surface area contributed by atoms with Crippen molar-refractivity contribution >= 4 is 28.0 Å². The second-order valence-corrected chi connectivity index (χ2v) is 9.31. The maximum Gasteiger partial charge on any atom is 0.331 e. The Balaban J connectivity index is 1.50. The summed E-state index contributed by atoms with van der Waals surface area (Å²) < 4.78 is 32.3. The van der Waals surface area contributed by atoms with E-state index in [0.717, 1.165) is 11.1 Å². The number of rotatable bonds is 6. The van der Waals surface area contributed by atoms with Crippen LogP contribution in [-0.4, -0.2) is 62.3 Å². The summed E-state index contributed by atoms with van der Waals surface area (Å²) >= 11 is 0. The molecule has 1 aliphatic rings. The van der Waals surface area contributed by atoms with Crippen molar-refractivity contribution in [3.63, 3.8) is 0 Å². The van der Waals surface area contributed by atoms with E-state index in [-0.39, 0.29) is 43.6 Å². The van der Waals surface area contributed by atoms with E-state index in [9.17, 15) is 18.0 Å². The van der Waals surface area contributed by atoms with Crippen molar-refractivity contribution in [2.45, 2.75) is 18.7 Å². The van der Waals surface area contributed by atoms with Crippen LogP contribution >= 0.6 is 0 Å². The summed E-state index contributed by atoms with van der Waals surface area (Å²) in [5.74, 6) is -0.946. The highest BCUT2D eigenvalue weighted by atomic mass is 32.2. The van der Waals surface area contributed by atoms with Crippen LogP contribution in [-0.2, 0) is 24.3 Å². The molecule has 0 bridgehead atoms. The molecule has 0 unspecified atom stereocenters. The number of sulfonamides is 1. The van der Waals surface area contributed by atoms with Crippen molar-refractivity contribution in [1.29, 1.82) is 0 Å². The molecule has 0 spiro atoms. The van der Waals surface area contributed by atoms with Crippen molar-refractivity contribution in [2.75, 3.05) is 32.8 Å². The van der Waals surface area contributed by atoms with Crippen LogP contribution in [0.3, 0.4) is 0 Å². The number of benzene rings is 2. The van der Waals surface area contributed by atoms with E-state index in [1.807, 2.05) is 43.3 Å². The average Bonchev–Trinajstić information content (AvgIpc) is 2.76. The SMILES string of the molecule is Cc1ccc(S(=O)(=O)N2CCN(C(=O)COC(=O)C=Cc3ccccc3)CC2)c(C)c1. The Morgan fingerprint density at radius 2 is 1.68 bits per heavy atom. The van der Waals surface area contributed by atoms with E-state index < -0.39 is 16.0 Å². The van der Waals surface area contributed by atoms with Crippen LogP contribution < -0.4 is 0 Å². The van der Waals surface area contributed by atoms with Crippen molar-refractivity contribution in [3.8, 4) is 0 Å². The molecular weight excluding hydrogens is 416 g/mol. The van der Waals surface area contributed by atoms with Crippen molar-refractivity contribution in [3.05, 3.63) is 71.3 Å². The molecule has 2 aromatic carbocycles. The topological polar surface area (TPSA) is 84.0 Å². The van der Waals surface area contributed by atoms with Crippen LogP contribution in [0.5, 0.6) is 0 Å². The summed E-state index contributed by atoms with van der Waals surface area (Å²) in [4.78, 5) is 26.0. The molecule has 3 rings (SSSR count). The van der Waals surface area contributed by atoms with Gasteiger partial charge in [0, 0.05) is 32.3 Å². The maximum atomic E-state index is 12.9. The molecule has 0 radical (unpaired) electrons. The number of hydrogen-bond acceptors (Lipinski definition) is 5. The molecule has 0 atom stereocenters. The Hall–Kier alpha value is -2.97. The number of piperazine rings is 1. The van der Waals surface area contributed by atoms with Gasteiger partial charge in [-0.15, -0.1) is 0 Å². The minimum absolute atomic E-state index is 0.198. The van der Waals surface area contributed by atoms with E-state index >= 15 is 0 Å². The minimum atomic E-state index is -3.62. The number of carbonyl (C=O) groups is 2. The highest BCUT2D eigenvalue weighted by Crippen LogP contribution is 2.22. The summed E-state index contributed by atoms with van der Waals surface area (Å²) in [5, 5.41) is 0. The molecule has 8 heteroatoms. The lowest BCUT2D eigenvalue weighted by Gasteiger charge is -2.34. The molecule has 1 aliphatic heterocycles. The van der Waals surface area contributed by atoms with Crippen LogP contribution in [0.1, 0.15) is 16.7 Å². The second kappa shape index (κ2) is 9.89. The molecule has 164 valence electrons. The fraction of sp³-hybridized carbons (Fsp3) is 0.304. The van der Waals surface area contributed by atoms with Gasteiger partial charge in [0.15, 0.2) is 6.61 Å². The van der Waals surface area contributed by atoms with E-state index in [4.69, 9.17) is 4.74 Å². The van der Waals surface area contributed by atoms with Crippen LogP contribution in [0.2, 0.25) is 0 Å². The van der Waals surface area contributed by atoms with Crippen molar-refractivity contribution in [1.82, 2.24) is 9.21 Å². The quantitative estimate of drug-likeness (QED) is 0.507. The number of ether oxygens (including phenoxy) is 1. The van der Waals surface area contributed by atoms with Crippen LogP contribution in [0.15, 0.2) is 59.5 Å². The average molecular weight is 443 g/mol. The predicted molar refractivity (Wildman–Crippen MR) is 118 cm³/mol. The van der Waals surface area contributed by atoms with Gasteiger partial charge in [0.2, 0.25) is 10.0 Å². The largest absolute Gasteiger partial charge is 0.452 e.